The molecule has 0 aromatic heterocycles. The van der Waals surface area contributed by atoms with Crippen LogP contribution in [0.5, 0.6) is 5.75 Å². The number of halogens is 1. The maximum Gasteiger partial charge on any atom is 0.221 e. The fraction of sp³-hybridized carbons (Fsp3) is 0.429. The van der Waals surface area contributed by atoms with Crippen molar-refractivity contribution in [2.24, 2.45) is 0 Å². The molecule has 0 saturated carbocycles. The number of piperazine rings is 1. The molecule has 0 bridgehead atoms. The standard InChI is InChI=1S/C21H26FN3O4S/c1-23-21(16-6-5-7-17(14-16)28-2)20(15-29-23)30(26,27)25-12-10-24(11-13-25)19-9-4-3-8-18(19)22/h3-9,14,20-21H,10-13,15H2,1-2H3. The Balaban J connectivity index is 1.52. The first-order valence-electron chi connectivity index (χ1n) is 9.90. The van der Waals surface area contributed by atoms with Crippen LogP contribution in [0.1, 0.15) is 11.6 Å². The summed E-state index contributed by atoms with van der Waals surface area (Å²) in [6.07, 6.45) is 0. The van der Waals surface area contributed by atoms with Crippen LogP contribution in [0.25, 0.3) is 0 Å². The topological polar surface area (TPSA) is 62.3 Å². The fourth-order valence-electron chi connectivity index (χ4n) is 4.18. The molecule has 0 aliphatic carbocycles. The van der Waals surface area contributed by atoms with Crippen LogP contribution >= 0.6 is 0 Å². The highest BCUT2D eigenvalue weighted by Gasteiger charge is 2.46. The highest BCUT2D eigenvalue weighted by molar-refractivity contribution is 7.89. The average Bonchev–Trinajstić information content (AvgIpc) is 3.16. The van der Waals surface area contributed by atoms with Gasteiger partial charge >= 0.3 is 0 Å². The lowest BCUT2D eigenvalue weighted by Gasteiger charge is -2.37. The SMILES string of the molecule is COc1cccc(C2C(S(=O)(=O)N3CCN(c4ccccc4F)CC3)CON2C)c1. The average molecular weight is 436 g/mol. The second-order valence-corrected chi connectivity index (χ2v) is 9.64. The number of benzene rings is 2. The van der Waals surface area contributed by atoms with E-state index in [0.717, 1.165) is 5.56 Å². The molecule has 0 N–H and O–H groups in total. The van der Waals surface area contributed by atoms with Gasteiger partial charge in [0.15, 0.2) is 0 Å². The van der Waals surface area contributed by atoms with Crippen molar-refractivity contribution in [2.75, 3.05) is 51.8 Å². The molecule has 2 unspecified atom stereocenters. The largest absolute Gasteiger partial charge is 0.497 e. The van der Waals surface area contributed by atoms with E-state index in [9.17, 15) is 12.8 Å². The van der Waals surface area contributed by atoms with Gasteiger partial charge in [-0.15, -0.1) is 0 Å². The number of rotatable bonds is 5. The van der Waals surface area contributed by atoms with Crippen molar-refractivity contribution >= 4 is 15.7 Å². The Morgan fingerprint density at radius 3 is 2.50 bits per heavy atom. The Hall–Kier alpha value is -2.20. The fourth-order valence-corrected chi connectivity index (χ4v) is 6.12. The number of sulfonamides is 1. The smallest absolute Gasteiger partial charge is 0.221 e. The molecule has 4 rings (SSSR count). The Bertz CT molecular complexity index is 995. The van der Waals surface area contributed by atoms with Crippen LogP contribution in [0.3, 0.4) is 0 Å². The van der Waals surface area contributed by atoms with Crippen molar-refractivity contribution < 1.29 is 22.4 Å². The van der Waals surface area contributed by atoms with E-state index >= 15 is 0 Å². The van der Waals surface area contributed by atoms with Gasteiger partial charge in [-0.2, -0.15) is 9.37 Å². The molecule has 0 spiro atoms. The number of nitrogens with zero attached hydrogens (tertiary/aromatic N) is 3. The zero-order chi connectivity index (χ0) is 21.3. The highest BCUT2D eigenvalue weighted by Crippen LogP contribution is 2.36. The number of hydrogen-bond acceptors (Lipinski definition) is 6. The van der Waals surface area contributed by atoms with E-state index in [1.807, 2.05) is 29.2 Å². The zero-order valence-corrected chi connectivity index (χ0v) is 17.9. The van der Waals surface area contributed by atoms with Gasteiger partial charge in [-0.25, -0.2) is 12.8 Å². The highest BCUT2D eigenvalue weighted by atomic mass is 32.2. The molecular formula is C21H26FN3O4S. The number of anilines is 1. The third-order valence-electron chi connectivity index (χ3n) is 5.80. The number of ether oxygens (including phenoxy) is 1. The van der Waals surface area contributed by atoms with Crippen molar-refractivity contribution in [3.8, 4) is 5.75 Å². The molecule has 2 atom stereocenters. The van der Waals surface area contributed by atoms with Crippen LogP contribution in [0.2, 0.25) is 0 Å². The van der Waals surface area contributed by atoms with E-state index in [4.69, 9.17) is 9.57 Å². The summed E-state index contributed by atoms with van der Waals surface area (Å²) in [5.41, 5.74) is 1.33. The quantitative estimate of drug-likeness (QED) is 0.718. The molecule has 2 aromatic rings. The molecule has 0 amide bonds. The van der Waals surface area contributed by atoms with Gasteiger partial charge in [-0.3, -0.25) is 4.84 Å². The Labute approximate surface area is 176 Å². The summed E-state index contributed by atoms with van der Waals surface area (Å²) in [5, 5.41) is 0.877. The Kier molecular flexibility index (Phi) is 5.97. The minimum atomic E-state index is -3.62. The molecule has 162 valence electrons. The second-order valence-electron chi connectivity index (χ2n) is 7.48. The summed E-state index contributed by atoms with van der Waals surface area (Å²) in [7, 11) is -0.295. The molecule has 2 aliphatic heterocycles. The van der Waals surface area contributed by atoms with E-state index in [1.165, 1.54) is 10.4 Å². The number of para-hydroxylation sites is 1. The molecule has 30 heavy (non-hydrogen) atoms. The normalized spacial score (nSPS) is 23.6. The molecule has 2 aromatic carbocycles. The van der Waals surface area contributed by atoms with Crippen LogP contribution in [-0.4, -0.2) is 70.0 Å². The summed E-state index contributed by atoms with van der Waals surface area (Å²) in [6.45, 7) is 1.58. The molecule has 0 radical (unpaired) electrons. The zero-order valence-electron chi connectivity index (χ0n) is 17.1. The summed E-state index contributed by atoms with van der Waals surface area (Å²) in [6, 6.07) is 13.5. The van der Waals surface area contributed by atoms with Crippen LogP contribution in [0.4, 0.5) is 10.1 Å². The number of methoxy groups -OCH3 is 1. The van der Waals surface area contributed by atoms with Crippen molar-refractivity contribution in [3.05, 3.63) is 59.9 Å². The predicted molar refractivity (Wildman–Crippen MR) is 112 cm³/mol. The predicted octanol–water partition coefficient (Wildman–Crippen LogP) is 2.27. The molecule has 2 aliphatic rings. The molecular weight excluding hydrogens is 409 g/mol. The van der Waals surface area contributed by atoms with E-state index in [1.54, 1.807) is 37.4 Å². The molecule has 2 heterocycles. The first-order valence-corrected chi connectivity index (χ1v) is 11.4. The van der Waals surface area contributed by atoms with E-state index in [-0.39, 0.29) is 12.4 Å². The van der Waals surface area contributed by atoms with E-state index < -0.39 is 21.3 Å². The maximum atomic E-state index is 14.1. The Morgan fingerprint density at radius 1 is 1.07 bits per heavy atom. The minimum absolute atomic E-state index is 0.0915. The van der Waals surface area contributed by atoms with Crippen molar-refractivity contribution in [3.63, 3.8) is 0 Å². The van der Waals surface area contributed by atoms with Gasteiger partial charge in [-0.1, -0.05) is 24.3 Å². The third kappa shape index (κ3) is 3.90. The van der Waals surface area contributed by atoms with Gasteiger partial charge < -0.3 is 9.64 Å². The summed E-state index contributed by atoms with van der Waals surface area (Å²) >= 11 is 0. The first kappa shape index (κ1) is 21.0. The summed E-state index contributed by atoms with van der Waals surface area (Å²) in [5.74, 6) is 0.375. The molecule has 7 nitrogen and oxygen atoms in total. The van der Waals surface area contributed by atoms with E-state index in [2.05, 4.69) is 0 Å². The lowest BCUT2D eigenvalue weighted by molar-refractivity contribution is -0.110. The van der Waals surface area contributed by atoms with Gasteiger partial charge in [0.05, 0.1) is 25.4 Å². The maximum absolute atomic E-state index is 14.1. The van der Waals surface area contributed by atoms with Gasteiger partial charge in [-0.05, 0) is 29.8 Å². The van der Waals surface area contributed by atoms with Gasteiger partial charge in [0.25, 0.3) is 0 Å². The van der Waals surface area contributed by atoms with Crippen LogP contribution < -0.4 is 9.64 Å². The first-order chi connectivity index (χ1) is 14.4. The van der Waals surface area contributed by atoms with Crippen molar-refractivity contribution in [1.82, 2.24) is 9.37 Å². The number of hydrogen-bond donors (Lipinski definition) is 0. The number of hydroxylamine groups is 2. The minimum Gasteiger partial charge on any atom is -0.497 e. The van der Waals surface area contributed by atoms with Gasteiger partial charge in [0.2, 0.25) is 10.0 Å². The van der Waals surface area contributed by atoms with E-state index in [0.29, 0.717) is 37.6 Å². The second kappa shape index (κ2) is 8.50. The van der Waals surface area contributed by atoms with Gasteiger partial charge in [0.1, 0.15) is 16.8 Å². The summed E-state index contributed by atoms with van der Waals surface area (Å²) < 4.78 is 47.8. The Morgan fingerprint density at radius 2 is 1.80 bits per heavy atom. The summed E-state index contributed by atoms with van der Waals surface area (Å²) in [4.78, 5) is 7.50. The van der Waals surface area contributed by atoms with Crippen LogP contribution in [0.15, 0.2) is 48.5 Å². The monoisotopic (exact) mass is 435 g/mol. The third-order valence-corrected chi connectivity index (χ3v) is 8.04. The molecule has 2 fully saturated rings. The lowest BCUT2D eigenvalue weighted by atomic mass is 10.0. The van der Waals surface area contributed by atoms with Crippen LogP contribution in [-0.2, 0) is 14.9 Å². The van der Waals surface area contributed by atoms with Crippen molar-refractivity contribution in [2.45, 2.75) is 11.3 Å². The van der Waals surface area contributed by atoms with Crippen molar-refractivity contribution in [1.29, 1.82) is 0 Å². The van der Waals surface area contributed by atoms with Crippen LogP contribution in [0, 0.1) is 5.82 Å². The lowest BCUT2D eigenvalue weighted by Crippen LogP contribution is -2.52. The molecule has 2 saturated heterocycles. The molecule has 9 heteroatoms. The van der Waals surface area contributed by atoms with Gasteiger partial charge in [0, 0.05) is 33.2 Å².